The molecule has 4 nitrogen and oxygen atoms in total. The second kappa shape index (κ2) is 7.68. The smallest absolute Gasteiger partial charge is 0.230 e. The molecule has 1 amide bonds. The molecular formula is C17H17Cl2NO3. The lowest BCUT2D eigenvalue weighted by atomic mass is 9.94. The molecule has 0 saturated heterocycles. The minimum absolute atomic E-state index is 0.00371. The number of hydrogen-bond donors (Lipinski definition) is 3. The van der Waals surface area contributed by atoms with E-state index in [9.17, 15) is 15.0 Å². The number of anilines is 1. The van der Waals surface area contributed by atoms with E-state index in [1.807, 2.05) is 12.1 Å². The number of carbonyl (C=O) groups excluding carboxylic acids is 1. The Kier molecular flexibility index (Phi) is 5.88. The first-order valence-electron chi connectivity index (χ1n) is 7.08. The number of halogens is 2. The Bertz CT molecular complexity index is 687. The first kappa shape index (κ1) is 17.6. The lowest BCUT2D eigenvalue weighted by Gasteiger charge is -2.20. The summed E-state index contributed by atoms with van der Waals surface area (Å²) in [4.78, 5) is 12.5. The fourth-order valence-corrected chi connectivity index (χ4v) is 2.48. The number of phenols is 1. The molecule has 0 radical (unpaired) electrons. The van der Waals surface area contributed by atoms with Gasteiger partial charge in [-0.3, -0.25) is 4.79 Å². The van der Waals surface area contributed by atoms with Crippen LogP contribution in [0.3, 0.4) is 0 Å². The van der Waals surface area contributed by atoms with E-state index in [1.165, 1.54) is 18.2 Å². The fraction of sp³-hybridized carbons (Fsp3) is 0.235. The molecule has 0 spiro atoms. The molecule has 2 aromatic rings. The molecule has 122 valence electrons. The van der Waals surface area contributed by atoms with Crippen LogP contribution in [0.5, 0.6) is 5.75 Å². The van der Waals surface area contributed by atoms with Gasteiger partial charge in [0.25, 0.3) is 0 Å². The summed E-state index contributed by atoms with van der Waals surface area (Å²) in [6.07, 6.45) is -0.487. The predicted molar refractivity (Wildman–Crippen MR) is 92.1 cm³/mol. The molecule has 3 N–H and O–H groups in total. The van der Waals surface area contributed by atoms with E-state index in [2.05, 4.69) is 5.32 Å². The minimum Gasteiger partial charge on any atom is -0.508 e. The third-order valence-electron chi connectivity index (χ3n) is 3.50. The van der Waals surface area contributed by atoms with E-state index in [0.29, 0.717) is 22.2 Å². The molecule has 0 aromatic heterocycles. The van der Waals surface area contributed by atoms with Crippen LogP contribution in [-0.4, -0.2) is 22.2 Å². The maximum absolute atomic E-state index is 12.5. The minimum atomic E-state index is -0.846. The highest BCUT2D eigenvalue weighted by Crippen LogP contribution is 2.27. The van der Waals surface area contributed by atoms with E-state index in [0.717, 1.165) is 5.56 Å². The van der Waals surface area contributed by atoms with Crippen LogP contribution >= 0.6 is 23.2 Å². The number of phenolic OH excluding ortho intramolecular Hbond substituents is 1. The van der Waals surface area contributed by atoms with Crippen molar-refractivity contribution >= 4 is 34.8 Å². The van der Waals surface area contributed by atoms with Gasteiger partial charge in [0.2, 0.25) is 5.91 Å². The number of benzene rings is 2. The highest BCUT2D eigenvalue weighted by Gasteiger charge is 2.24. The maximum Gasteiger partial charge on any atom is 0.230 e. The predicted octanol–water partition coefficient (Wildman–Crippen LogP) is 3.88. The van der Waals surface area contributed by atoms with Gasteiger partial charge in [0.15, 0.2) is 0 Å². The van der Waals surface area contributed by atoms with Gasteiger partial charge in [0, 0.05) is 11.1 Å². The Morgan fingerprint density at radius 2 is 1.83 bits per heavy atom. The molecule has 0 fully saturated rings. The van der Waals surface area contributed by atoms with Crippen molar-refractivity contribution in [2.24, 2.45) is 5.92 Å². The fourth-order valence-electron chi connectivity index (χ4n) is 2.19. The van der Waals surface area contributed by atoms with Crippen molar-refractivity contribution in [2.75, 3.05) is 5.32 Å². The van der Waals surface area contributed by atoms with Gasteiger partial charge in [0.05, 0.1) is 22.7 Å². The lowest BCUT2D eigenvalue weighted by molar-refractivity contribution is -0.122. The second-order valence-corrected chi connectivity index (χ2v) is 6.17. The second-order valence-electron chi connectivity index (χ2n) is 5.33. The third-order valence-corrected chi connectivity index (χ3v) is 4.08. The third kappa shape index (κ3) is 4.86. The van der Waals surface area contributed by atoms with Crippen LogP contribution in [0.25, 0.3) is 0 Å². The monoisotopic (exact) mass is 353 g/mol. The van der Waals surface area contributed by atoms with Gasteiger partial charge in [0.1, 0.15) is 5.75 Å². The van der Waals surface area contributed by atoms with Crippen molar-refractivity contribution in [3.05, 3.63) is 58.1 Å². The summed E-state index contributed by atoms with van der Waals surface area (Å²) in [7, 11) is 0. The van der Waals surface area contributed by atoms with Crippen LogP contribution in [0.4, 0.5) is 5.69 Å². The van der Waals surface area contributed by atoms with Gasteiger partial charge in [-0.05, 0) is 43.2 Å². The molecular weight excluding hydrogens is 337 g/mol. The molecule has 0 heterocycles. The highest BCUT2D eigenvalue weighted by molar-refractivity contribution is 6.33. The molecule has 2 rings (SSSR count). The molecule has 0 aliphatic rings. The zero-order chi connectivity index (χ0) is 17.0. The van der Waals surface area contributed by atoms with Crippen molar-refractivity contribution in [3.8, 4) is 5.75 Å². The number of carbonyl (C=O) groups is 1. The first-order chi connectivity index (χ1) is 10.9. The normalized spacial score (nSPS) is 13.4. The summed E-state index contributed by atoms with van der Waals surface area (Å²) >= 11 is 11.8. The summed E-state index contributed by atoms with van der Waals surface area (Å²) in [6.45, 7) is 1.56. The maximum atomic E-state index is 12.5. The number of aliphatic hydroxyl groups excluding tert-OH is 1. The van der Waals surface area contributed by atoms with E-state index in [4.69, 9.17) is 23.2 Å². The van der Waals surface area contributed by atoms with Crippen molar-refractivity contribution in [3.63, 3.8) is 0 Å². The van der Waals surface area contributed by atoms with Crippen LogP contribution < -0.4 is 5.32 Å². The van der Waals surface area contributed by atoms with Gasteiger partial charge < -0.3 is 15.5 Å². The van der Waals surface area contributed by atoms with Crippen molar-refractivity contribution in [1.82, 2.24) is 0 Å². The highest BCUT2D eigenvalue weighted by atomic mass is 35.5. The zero-order valence-electron chi connectivity index (χ0n) is 12.5. The number of aliphatic hydroxyl groups is 1. The van der Waals surface area contributed by atoms with Crippen molar-refractivity contribution in [1.29, 1.82) is 0 Å². The van der Waals surface area contributed by atoms with E-state index < -0.39 is 12.0 Å². The van der Waals surface area contributed by atoms with E-state index >= 15 is 0 Å². The van der Waals surface area contributed by atoms with E-state index in [1.54, 1.807) is 19.1 Å². The van der Waals surface area contributed by atoms with Gasteiger partial charge in [-0.25, -0.2) is 0 Å². The van der Waals surface area contributed by atoms with Crippen LogP contribution in [0, 0.1) is 5.92 Å². The molecule has 0 saturated carbocycles. The number of aromatic hydroxyl groups is 1. The number of rotatable bonds is 5. The molecule has 0 aliphatic heterocycles. The topological polar surface area (TPSA) is 69.6 Å². The number of nitrogens with one attached hydrogen (secondary N) is 1. The number of hydrogen-bond acceptors (Lipinski definition) is 3. The van der Waals surface area contributed by atoms with Gasteiger partial charge in [-0.2, -0.15) is 0 Å². The molecule has 0 aliphatic carbocycles. The van der Waals surface area contributed by atoms with Crippen molar-refractivity contribution < 1.29 is 15.0 Å². The number of amides is 1. The van der Waals surface area contributed by atoms with E-state index in [-0.39, 0.29) is 11.7 Å². The Hall–Kier alpha value is -1.75. The van der Waals surface area contributed by atoms with Crippen LogP contribution in [0.15, 0.2) is 42.5 Å². The zero-order valence-corrected chi connectivity index (χ0v) is 14.0. The summed E-state index contributed by atoms with van der Waals surface area (Å²) in [5, 5.41) is 23.0. The summed E-state index contributed by atoms with van der Waals surface area (Å²) in [5.41, 5.74) is 1.19. The largest absolute Gasteiger partial charge is 0.508 e. The molecule has 6 heteroatoms. The average molecular weight is 354 g/mol. The lowest BCUT2D eigenvalue weighted by Crippen LogP contribution is -2.33. The summed E-state index contributed by atoms with van der Waals surface area (Å²) in [5.74, 6) is -1.03. The first-order valence-corrected chi connectivity index (χ1v) is 7.84. The molecule has 2 aromatic carbocycles. The van der Waals surface area contributed by atoms with Crippen molar-refractivity contribution in [2.45, 2.75) is 19.4 Å². The SMILES string of the molecule is CC(O)C(Cc1ccc(Cl)cc1)C(=O)Nc1cc(O)ccc1Cl. The Balaban J connectivity index is 2.15. The molecule has 0 bridgehead atoms. The summed E-state index contributed by atoms with van der Waals surface area (Å²) in [6, 6.07) is 11.4. The van der Waals surface area contributed by atoms with Gasteiger partial charge in [-0.15, -0.1) is 0 Å². The standard InChI is InChI=1S/C17H17Cl2NO3/c1-10(21)14(8-11-2-4-12(18)5-3-11)17(23)20-16-9-13(22)6-7-15(16)19/h2-7,9-10,14,21-22H,8H2,1H3,(H,20,23). The Labute approximate surface area is 144 Å². The van der Waals surface area contributed by atoms with Gasteiger partial charge in [-0.1, -0.05) is 35.3 Å². The quantitative estimate of drug-likeness (QED) is 0.763. The Morgan fingerprint density at radius 1 is 1.17 bits per heavy atom. The van der Waals surface area contributed by atoms with Crippen LogP contribution in [-0.2, 0) is 11.2 Å². The Morgan fingerprint density at radius 3 is 2.43 bits per heavy atom. The van der Waals surface area contributed by atoms with Crippen LogP contribution in [0.1, 0.15) is 12.5 Å². The summed E-state index contributed by atoms with van der Waals surface area (Å²) < 4.78 is 0. The molecule has 23 heavy (non-hydrogen) atoms. The van der Waals surface area contributed by atoms with Gasteiger partial charge >= 0.3 is 0 Å². The average Bonchev–Trinajstić information content (AvgIpc) is 2.50. The molecule has 2 unspecified atom stereocenters. The van der Waals surface area contributed by atoms with Crippen LogP contribution in [0.2, 0.25) is 10.0 Å². The molecule has 2 atom stereocenters.